The minimum Gasteiger partial charge on any atom is -0.480 e. The van der Waals surface area contributed by atoms with Gasteiger partial charge in [0.15, 0.2) is 0 Å². The van der Waals surface area contributed by atoms with Crippen LogP contribution in [0.4, 0.5) is 4.39 Å². The number of carbonyl (C=O) groups excluding carboxylic acids is 1. The number of hydrogen-bond donors (Lipinski definition) is 2. The molecule has 1 amide bonds. The molecule has 0 aliphatic heterocycles. The molecule has 0 bridgehead atoms. The van der Waals surface area contributed by atoms with E-state index in [1.807, 2.05) is 6.26 Å². The van der Waals surface area contributed by atoms with Crippen molar-refractivity contribution in [2.24, 2.45) is 0 Å². The molecule has 1 aromatic carbocycles. The van der Waals surface area contributed by atoms with Crippen LogP contribution >= 0.6 is 11.8 Å². The van der Waals surface area contributed by atoms with E-state index in [0.717, 1.165) is 0 Å². The topological polar surface area (TPSA) is 66.4 Å². The smallest absolute Gasteiger partial charge is 0.329 e. The van der Waals surface area contributed by atoms with Gasteiger partial charge in [0.25, 0.3) is 5.91 Å². The maximum atomic E-state index is 13.5. The largest absolute Gasteiger partial charge is 0.480 e. The highest BCUT2D eigenvalue weighted by Gasteiger charge is 2.51. The molecule has 1 saturated carbocycles. The Labute approximate surface area is 114 Å². The van der Waals surface area contributed by atoms with Gasteiger partial charge in [-0.05, 0) is 42.9 Å². The van der Waals surface area contributed by atoms with Gasteiger partial charge in [0.05, 0.1) is 0 Å². The van der Waals surface area contributed by atoms with E-state index in [1.54, 1.807) is 0 Å². The van der Waals surface area contributed by atoms with Gasteiger partial charge in [0, 0.05) is 11.3 Å². The Hall–Kier alpha value is -1.56. The third-order valence-corrected chi connectivity index (χ3v) is 3.72. The van der Waals surface area contributed by atoms with Gasteiger partial charge in [-0.2, -0.15) is 11.8 Å². The first-order valence-electron chi connectivity index (χ1n) is 5.82. The highest BCUT2D eigenvalue weighted by molar-refractivity contribution is 7.97. The first-order chi connectivity index (χ1) is 8.98. The number of carboxylic acids is 1. The lowest BCUT2D eigenvalue weighted by atomic mass is 10.1. The van der Waals surface area contributed by atoms with Crippen LogP contribution in [-0.2, 0) is 10.5 Å². The molecule has 1 aliphatic rings. The second-order valence-corrected chi connectivity index (χ2v) is 5.45. The van der Waals surface area contributed by atoms with Crippen molar-refractivity contribution >= 4 is 23.6 Å². The normalized spacial score (nSPS) is 15.9. The molecular formula is C13H14FNO3S. The zero-order valence-corrected chi connectivity index (χ0v) is 11.2. The van der Waals surface area contributed by atoms with E-state index in [2.05, 4.69) is 5.32 Å². The number of thioether (sulfide) groups is 1. The van der Waals surface area contributed by atoms with Crippen molar-refractivity contribution < 1.29 is 19.1 Å². The van der Waals surface area contributed by atoms with Crippen LogP contribution in [0.2, 0.25) is 0 Å². The van der Waals surface area contributed by atoms with Crippen molar-refractivity contribution in [2.75, 3.05) is 6.26 Å². The highest BCUT2D eigenvalue weighted by Crippen LogP contribution is 2.35. The maximum Gasteiger partial charge on any atom is 0.329 e. The number of amides is 1. The van der Waals surface area contributed by atoms with E-state index < -0.39 is 17.4 Å². The number of rotatable bonds is 5. The van der Waals surface area contributed by atoms with Crippen molar-refractivity contribution in [3.63, 3.8) is 0 Å². The van der Waals surface area contributed by atoms with Crippen molar-refractivity contribution in [3.8, 4) is 0 Å². The number of hydrogen-bond acceptors (Lipinski definition) is 3. The van der Waals surface area contributed by atoms with Gasteiger partial charge in [-0.25, -0.2) is 9.18 Å². The van der Waals surface area contributed by atoms with Gasteiger partial charge in [-0.3, -0.25) is 4.79 Å². The van der Waals surface area contributed by atoms with Gasteiger partial charge < -0.3 is 10.4 Å². The summed E-state index contributed by atoms with van der Waals surface area (Å²) in [6.45, 7) is 0. The zero-order chi connectivity index (χ0) is 14.0. The number of nitrogens with one attached hydrogen (secondary N) is 1. The summed E-state index contributed by atoms with van der Waals surface area (Å²) in [5.41, 5.74) is -0.385. The number of carboxylic acid groups (broad SMARTS) is 1. The molecule has 1 aliphatic carbocycles. The lowest BCUT2D eigenvalue weighted by molar-refractivity contribution is -0.140. The molecule has 0 spiro atoms. The molecule has 2 rings (SSSR count). The fourth-order valence-corrected chi connectivity index (χ4v) is 2.32. The predicted octanol–water partition coefficient (Wildman–Crippen LogP) is 2.04. The summed E-state index contributed by atoms with van der Waals surface area (Å²) in [7, 11) is 0. The Bertz CT molecular complexity index is 529. The van der Waals surface area contributed by atoms with Crippen LogP contribution in [0.25, 0.3) is 0 Å². The second-order valence-electron chi connectivity index (χ2n) is 4.58. The van der Waals surface area contributed by atoms with Crippen molar-refractivity contribution in [2.45, 2.75) is 24.1 Å². The molecule has 0 heterocycles. The zero-order valence-electron chi connectivity index (χ0n) is 10.4. The van der Waals surface area contributed by atoms with E-state index in [0.29, 0.717) is 24.2 Å². The van der Waals surface area contributed by atoms with Crippen LogP contribution in [-0.4, -0.2) is 28.8 Å². The maximum absolute atomic E-state index is 13.5. The van der Waals surface area contributed by atoms with Crippen molar-refractivity contribution in [1.82, 2.24) is 5.32 Å². The monoisotopic (exact) mass is 283 g/mol. The first kappa shape index (κ1) is 13.9. The molecule has 2 N–H and O–H groups in total. The number of halogens is 1. The fraction of sp³-hybridized carbons (Fsp3) is 0.385. The van der Waals surface area contributed by atoms with E-state index in [1.165, 1.54) is 30.0 Å². The number of carbonyl (C=O) groups is 2. The highest BCUT2D eigenvalue weighted by atomic mass is 32.2. The minimum absolute atomic E-state index is 0.290. The SMILES string of the molecule is CSCc1cc(C(=O)NC2(C(=O)O)CC2)ccc1F. The van der Waals surface area contributed by atoms with Crippen molar-refractivity contribution in [1.29, 1.82) is 0 Å². The van der Waals surface area contributed by atoms with Crippen LogP contribution in [0.1, 0.15) is 28.8 Å². The predicted molar refractivity (Wildman–Crippen MR) is 70.7 cm³/mol. The summed E-state index contributed by atoms with van der Waals surface area (Å²) in [5.74, 6) is -1.38. The first-order valence-corrected chi connectivity index (χ1v) is 7.21. The molecule has 102 valence electrons. The second kappa shape index (κ2) is 5.21. The molecule has 6 heteroatoms. The summed E-state index contributed by atoms with van der Waals surface area (Å²) in [4.78, 5) is 23.0. The molecule has 1 aromatic rings. The molecule has 0 aromatic heterocycles. The number of aliphatic carboxylic acids is 1. The minimum atomic E-state index is -1.12. The van der Waals surface area contributed by atoms with Crippen LogP contribution in [0.5, 0.6) is 0 Å². The van der Waals surface area contributed by atoms with Gasteiger partial charge >= 0.3 is 5.97 Å². The van der Waals surface area contributed by atoms with Gasteiger partial charge in [-0.15, -0.1) is 0 Å². The standard InChI is InChI=1S/C13H14FNO3S/c1-19-7-9-6-8(2-3-10(9)14)11(16)15-13(4-5-13)12(17)18/h2-3,6H,4-5,7H2,1H3,(H,15,16)(H,17,18). The van der Waals surface area contributed by atoms with Gasteiger partial charge in [0.2, 0.25) is 0 Å². The Morgan fingerprint density at radius 1 is 1.47 bits per heavy atom. The Kier molecular flexibility index (Phi) is 3.80. The van der Waals surface area contributed by atoms with E-state index in [4.69, 9.17) is 5.11 Å². The molecule has 19 heavy (non-hydrogen) atoms. The average Bonchev–Trinajstić information content (AvgIpc) is 3.13. The third kappa shape index (κ3) is 2.89. The Morgan fingerprint density at radius 2 is 2.16 bits per heavy atom. The van der Waals surface area contributed by atoms with Crippen LogP contribution in [0.3, 0.4) is 0 Å². The third-order valence-electron chi connectivity index (χ3n) is 3.12. The molecule has 0 radical (unpaired) electrons. The van der Waals surface area contributed by atoms with E-state index in [-0.39, 0.29) is 11.4 Å². The number of benzene rings is 1. The summed E-state index contributed by atoms with van der Waals surface area (Å²) in [6.07, 6.45) is 2.72. The lowest BCUT2D eigenvalue weighted by Gasteiger charge is -2.13. The molecule has 0 atom stereocenters. The van der Waals surface area contributed by atoms with Crippen LogP contribution in [0.15, 0.2) is 18.2 Å². The van der Waals surface area contributed by atoms with Crippen LogP contribution < -0.4 is 5.32 Å². The van der Waals surface area contributed by atoms with Gasteiger partial charge in [-0.1, -0.05) is 0 Å². The Morgan fingerprint density at radius 3 is 2.68 bits per heavy atom. The summed E-state index contributed by atoms with van der Waals surface area (Å²) in [5, 5.41) is 11.5. The van der Waals surface area contributed by atoms with Crippen LogP contribution in [0, 0.1) is 5.82 Å². The Balaban J connectivity index is 2.15. The fourth-order valence-electron chi connectivity index (χ4n) is 1.79. The molecule has 1 fully saturated rings. The lowest BCUT2D eigenvalue weighted by Crippen LogP contribution is -2.43. The van der Waals surface area contributed by atoms with E-state index in [9.17, 15) is 14.0 Å². The molecule has 4 nitrogen and oxygen atoms in total. The average molecular weight is 283 g/mol. The summed E-state index contributed by atoms with van der Waals surface area (Å²) < 4.78 is 13.5. The molecule has 0 saturated heterocycles. The van der Waals surface area contributed by atoms with Crippen molar-refractivity contribution in [3.05, 3.63) is 35.1 Å². The quantitative estimate of drug-likeness (QED) is 0.868. The molecule has 0 unspecified atom stereocenters. The molecular weight excluding hydrogens is 269 g/mol. The van der Waals surface area contributed by atoms with Gasteiger partial charge in [0.1, 0.15) is 11.4 Å². The summed E-state index contributed by atoms with van der Waals surface area (Å²) in [6, 6.07) is 4.08. The van der Waals surface area contributed by atoms with E-state index >= 15 is 0 Å². The summed E-state index contributed by atoms with van der Waals surface area (Å²) >= 11 is 1.45.